The zero-order valence-corrected chi connectivity index (χ0v) is 13.4. The molecule has 120 valence electrons. The second-order valence-corrected chi connectivity index (χ2v) is 5.77. The van der Waals surface area contributed by atoms with Crippen LogP contribution < -0.4 is 5.32 Å². The van der Waals surface area contributed by atoms with Crippen molar-refractivity contribution in [2.75, 3.05) is 26.7 Å². The van der Waals surface area contributed by atoms with Gasteiger partial charge in [0.2, 0.25) is 11.8 Å². The number of nitrogens with one attached hydrogen (secondary N) is 1. The average molecular weight is 303 g/mol. The summed E-state index contributed by atoms with van der Waals surface area (Å²) in [6.45, 7) is 4.89. The number of amides is 2. The van der Waals surface area contributed by atoms with Crippen molar-refractivity contribution < 1.29 is 9.59 Å². The van der Waals surface area contributed by atoms with Gasteiger partial charge in [-0.05, 0) is 12.0 Å². The molecule has 1 aromatic carbocycles. The smallest absolute Gasteiger partial charge is 0.240 e. The average Bonchev–Trinajstić information content (AvgIpc) is 2.52. The van der Waals surface area contributed by atoms with E-state index >= 15 is 0 Å². The SMILES string of the molecule is CCCN1CCNC(CC(=O)N(C)Cc2ccccc2)C1=O. The van der Waals surface area contributed by atoms with Crippen LogP contribution in [0, 0.1) is 0 Å². The van der Waals surface area contributed by atoms with Crippen LogP contribution in [0.5, 0.6) is 0 Å². The van der Waals surface area contributed by atoms with Gasteiger partial charge in [0, 0.05) is 33.2 Å². The van der Waals surface area contributed by atoms with E-state index < -0.39 is 0 Å². The maximum Gasteiger partial charge on any atom is 0.240 e. The number of benzene rings is 1. The van der Waals surface area contributed by atoms with Crippen LogP contribution >= 0.6 is 0 Å². The number of carbonyl (C=O) groups excluding carboxylic acids is 2. The van der Waals surface area contributed by atoms with Gasteiger partial charge in [0.1, 0.15) is 0 Å². The Bertz CT molecular complexity index is 502. The summed E-state index contributed by atoms with van der Waals surface area (Å²) in [4.78, 5) is 28.2. The molecule has 2 rings (SSSR count). The number of rotatable bonds is 6. The third kappa shape index (κ3) is 4.31. The number of carbonyl (C=O) groups is 2. The third-order valence-corrected chi connectivity index (χ3v) is 3.94. The van der Waals surface area contributed by atoms with Gasteiger partial charge >= 0.3 is 0 Å². The van der Waals surface area contributed by atoms with Crippen LogP contribution in [0.4, 0.5) is 0 Å². The standard InChI is InChI=1S/C17H25N3O2/c1-3-10-20-11-9-18-15(17(20)22)12-16(21)19(2)13-14-7-5-4-6-8-14/h4-8,15,18H,3,9-13H2,1-2H3. The summed E-state index contributed by atoms with van der Waals surface area (Å²) in [7, 11) is 1.78. The molecule has 0 saturated carbocycles. The van der Waals surface area contributed by atoms with E-state index in [4.69, 9.17) is 0 Å². The Hall–Kier alpha value is -1.88. The molecule has 1 aliphatic heterocycles. The first-order valence-electron chi connectivity index (χ1n) is 7.92. The van der Waals surface area contributed by atoms with E-state index in [0.29, 0.717) is 6.54 Å². The maximum absolute atomic E-state index is 12.3. The normalized spacial score (nSPS) is 18.4. The first-order valence-corrected chi connectivity index (χ1v) is 7.92. The fourth-order valence-corrected chi connectivity index (χ4v) is 2.72. The van der Waals surface area contributed by atoms with Gasteiger partial charge in [-0.15, -0.1) is 0 Å². The Morgan fingerprint density at radius 2 is 2.09 bits per heavy atom. The largest absolute Gasteiger partial charge is 0.341 e. The van der Waals surface area contributed by atoms with Gasteiger partial charge in [0.15, 0.2) is 0 Å². The van der Waals surface area contributed by atoms with Crippen molar-refractivity contribution in [3.63, 3.8) is 0 Å². The molecule has 0 aliphatic carbocycles. The lowest BCUT2D eigenvalue weighted by Gasteiger charge is -2.33. The quantitative estimate of drug-likeness (QED) is 0.860. The molecule has 0 bridgehead atoms. The molecular formula is C17H25N3O2. The Morgan fingerprint density at radius 1 is 1.36 bits per heavy atom. The van der Waals surface area contributed by atoms with E-state index in [-0.39, 0.29) is 24.3 Å². The summed E-state index contributed by atoms with van der Waals surface area (Å²) in [5, 5.41) is 3.17. The molecule has 1 unspecified atom stereocenters. The van der Waals surface area contributed by atoms with E-state index in [1.807, 2.05) is 35.2 Å². The van der Waals surface area contributed by atoms with Gasteiger partial charge in [-0.3, -0.25) is 9.59 Å². The van der Waals surface area contributed by atoms with Gasteiger partial charge in [0.05, 0.1) is 12.5 Å². The van der Waals surface area contributed by atoms with Gasteiger partial charge in [-0.25, -0.2) is 0 Å². The minimum Gasteiger partial charge on any atom is -0.341 e. The van der Waals surface area contributed by atoms with Gasteiger partial charge in [-0.2, -0.15) is 0 Å². The summed E-state index contributed by atoms with van der Waals surface area (Å²) in [6, 6.07) is 9.49. The number of piperazine rings is 1. The van der Waals surface area contributed by atoms with Gasteiger partial charge < -0.3 is 15.1 Å². The molecule has 1 N–H and O–H groups in total. The molecule has 1 atom stereocenters. The lowest BCUT2D eigenvalue weighted by atomic mass is 10.1. The molecule has 0 aromatic heterocycles. The Balaban J connectivity index is 1.89. The highest BCUT2D eigenvalue weighted by atomic mass is 16.2. The Labute approximate surface area is 132 Å². The summed E-state index contributed by atoms with van der Waals surface area (Å²) >= 11 is 0. The van der Waals surface area contributed by atoms with Crippen molar-refractivity contribution in [3.05, 3.63) is 35.9 Å². The molecule has 2 amide bonds. The minimum atomic E-state index is -0.383. The molecule has 22 heavy (non-hydrogen) atoms. The summed E-state index contributed by atoms with van der Waals surface area (Å²) in [5.41, 5.74) is 1.09. The highest BCUT2D eigenvalue weighted by molar-refractivity contribution is 5.88. The summed E-state index contributed by atoms with van der Waals surface area (Å²) in [6.07, 6.45) is 1.17. The predicted molar refractivity (Wildman–Crippen MR) is 86.2 cm³/mol. The van der Waals surface area contributed by atoms with Crippen LogP contribution in [-0.4, -0.2) is 54.3 Å². The van der Waals surface area contributed by atoms with E-state index in [2.05, 4.69) is 12.2 Å². The Kier molecular flexibility index (Phi) is 5.95. The minimum absolute atomic E-state index is 0.00643. The van der Waals surface area contributed by atoms with Crippen LogP contribution in [0.25, 0.3) is 0 Å². The van der Waals surface area contributed by atoms with Crippen molar-refractivity contribution in [1.29, 1.82) is 0 Å². The van der Waals surface area contributed by atoms with Gasteiger partial charge in [-0.1, -0.05) is 37.3 Å². The lowest BCUT2D eigenvalue weighted by molar-refractivity contribution is -0.140. The van der Waals surface area contributed by atoms with Crippen LogP contribution in [0.3, 0.4) is 0 Å². The molecule has 1 fully saturated rings. The van der Waals surface area contributed by atoms with Crippen LogP contribution in [0.15, 0.2) is 30.3 Å². The fraction of sp³-hybridized carbons (Fsp3) is 0.529. The fourth-order valence-electron chi connectivity index (χ4n) is 2.72. The highest BCUT2D eigenvalue weighted by Crippen LogP contribution is 2.09. The van der Waals surface area contributed by atoms with Crippen molar-refractivity contribution in [2.45, 2.75) is 32.4 Å². The maximum atomic E-state index is 12.3. The Morgan fingerprint density at radius 3 is 2.77 bits per heavy atom. The van der Waals surface area contributed by atoms with Crippen molar-refractivity contribution in [3.8, 4) is 0 Å². The molecule has 1 aliphatic rings. The van der Waals surface area contributed by atoms with Crippen LogP contribution in [0.2, 0.25) is 0 Å². The number of hydrogen-bond acceptors (Lipinski definition) is 3. The number of hydrogen-bond donors (Lipinski definition) is 1. The predicted octanol–water partition coefficient (Wildman–Crippen LogP) is 1.25. The van der Waals surface area contributed by atoms with Crippen molar-refractivity contribution >= 4 is 11.8 Å². The lowest BCUT2D eigenvalue weighted by Crippen LogP contribution is -2.56. The molecule has 1 aromatic rings. The molecule has 1 heterocycles. The summed E-state index contributed by atoms with van der Waals surface area (Å²) in [5.74, 6) is 0.0441. The highest BCUT2D eigenvalue weighted by Gasteiger charge is 2.30. The molecule has 5 nitrogen and oxygen atoms in total. The van der Waals surface area contributed by atoms with E-state index in [0.717, 1.165) is 31.6 Å². The van der Waals surface area contributed by atoms with E-state index in [1.165, 1.54) is 0 Å². The first kappa shape index (κ1) is 16.5. The topological polar surface area (TPSA) is 52.7 Å². The second kappa shape index (κ2) is 7.94. The van der Waals surface area contributed by atoms with Crippen molar-refractivity contribution in [1.82, 2.24) is 15.1 Å². The number of nitrogens with zero attached hydrogens (tertiary/aromatic N) is 2. The van der Waals surface area contributed by atoms with E-state index in [1.54, 1.807) is 11.9 Å². The molecule has 0 radical (unpaired) electrons. The zero-order valence-electron chi connectivity index (χ0n) is 13.4. The summed E-state index contributed by atoms with van der Waals surface area (Å²) < 4.78 is 0. The molecular weight excluding hydrogens is 278 g/mol. The van der Waals surface area contributed by atoms with Crippen LogP contribution in [-0.2, 0) is 16.1 Å². The van der Waals surface area contributed by atoms with Gasteiger partial charge in [0.25, 0.3) is 0 Å². The van der Waals surface area contributed by atoms with Crippen LogP contribution in [0.1, 0.15) is 25.3 Å². The molecule has 1 saturated heterocycles. The van der Waals surface area contributed by atoms with Crippen molar-refractivity contribution in [2.24, 2.45) is 0 Å². The second-order valence-electron chi connectivity index (χ2n) is 5.77. The van der Waals surface area contributed by atoms with E-state index in [9.17, 15) is 9.59 Å². The molecule has 5 heteroatoms. The molecule has 0 spiro atoms. The zero-order chi connectivity index (χ0) is 15.9. The monoisotopic (exact) mass is 303 g/mol. The third-order valence-electron chi connectivity index (χ3n) is 3.94. The first-order chi connectivity index (χ1) is 10.6.